The summed E-state index contributed by atoms with van der Waals surface area (Å²) in [6, 6.07) is 7.57. The van der Waals surface area contributed by atoms with Gasteiger partial charge in [0.05, 0.1) is 12.3 Å². The predicted molar refractivity (Wildman–Crippen MR) is 96.9 cm³/mol. The maximum Gasteiger partial charge on any atom is 0.352 e. The van der Waals surface area contributed by atoms with Gasteiger partial charge in [0.15, 0.2) is 0 Å². The van der Waals surface area contributed by atoms with Crippen molar-refractivity contribution in [2.24, 2.45) is 0 Å². The summed E-state index contributed by atoms with van der Waals surface area (Å²) in [4.78, 5) is 22.4. The van der Waals surface area contributed by atoms with E-state index in [1.807, 2.05) is 24.3 Å². The lowest BCUT2D eigenvalue weighted by molar-refractivity contribution is -0.151. The third-order valence-electron chi connectivity index (χ3n) is 4.83. The van der Waals surface area contributed by atoms with Crippen LogP contribution in [0.1, 0.15) is 73.0 Å². The Kier molecular flexibility index (Phi) is 5.61. The second kappa shape index (κ2) is 7.91. The maximum absolute atomic E-state index is 12.0. The molecule has 1 aliphatic carbocycles. The highest BCUT2D eigenvalue weighted by Crippen LogP contribution is 2.43. The number of aliphatic hydroxyl groups excluding tert-OH is 1. The average molecular weight is 358 g/mol. The van der Waals surface area contributed by atoms with Gasteiger partial charge in [0.25, 0.3) is 0 Å². The van der Waals surface area contributed by atoms with Crippen molar-refractivity contribution in [3.8, 4) is 0 Å². The third kappa shape index (κ3) is 3.75. The highest BCUT2D eigenvalue weighted by atomic mass is 16.7. The molecule has 0 spiro atoms. The number of aliphatic carboxylic acids is 1. The SMILES string of the molecule is CCCCc1nc(C)c(CO)n1OC(C(=O)O)c1ccccc1C1CC1. The van der Waals surface area contributed by atoms with Gasteiger partial charge in [0.2, 0.25) is 6.10 Å². The molecule has 26 heavy (non-hydrogen) atoms. The van der Waals surface area contributed by atoms with Crippen LogP contribution in [0, 0.1) is 6.92 Å². The molecule has 140 valence electrons. The molecule has 1 aromatic carbocycles. The fourth-order valence-corrected chi connectivity index (χ4v) is 3.26. The largest absolute Gasteiger partial charge is 0.478 e. The normalized spacial score (nSPS) is 15.0. The Hall–Kier alpha value is -2.34. The van der Waals surface area contributed by atoms with Gasteiger partial charge in [0, 0.05) is 12.0 Å². The molecule has 0 saturated heterocycles. The molecule has 3 rings (SSSR count). The molecule has 1 fully saturated rings. The second-order valence-corrected chi connectivity index (χ2v) is 6.84. The molecule has 6 nitrogen and oxygen atoms in total. The molecule has 1 saturated carbocycles. The van der Waals surface area contributed by atoms with Crippen molar-refractivity contribution < 1.29 is 19.8 Å². The number of nitrogens with zero attached hydrogens (tertiary/aromatic N) is 2. The van der Waals surface area contributed by atoms with E-state index in [1.165, 1.54) is 4.73 Å². The van der Waals surface area contributed by atoms with Crippen molar-refractivity contribution in [3.05, 3.63) is 52.6 Å². The Morgan fingerprint density at radius 1 is 1.38 bits per heavy atom. The molecule has 1 atom stereocenters. The fourth-order valence-electron chi connectivity index (χ4n) is 3.26. The maximum atomic E-state index is 12.0. The zero-order valence-electron chi connectivity index (χ0n) is 15.3. The van der Waals surface area contributed by atoms with Crippen LogP contribution >= 0.6 is 0 Å². The van der Waals surface area contributed by atoms with Gasteiger partial charge in [-0.05, 0) is 37.7 Å². The Bertz CT molecular complexity index is 780. The summed E-state index contributed by atoms with van der Waals surface area (Å²) in [6.45, 7) is 3.64. The summed E-state index contributed by atoms with van der Waals surface area (Å²) >= 11 is 0. The summed E-state index contributed by atoms with van der Waals surface area (Å²) in [5.41, 5.74) is 2.89. The first-order valence-electron chi connectivity index (χ1n) is 9.23. The van der Waals surface area contributed by atoms with Crippen LogP contribution in [0.3, 0.4) is 0 Å². The van der Waals surface area contributed by atoms with Crippen molar-refractivity contribution >= 4 is 5.97 Å². The highest BCUT2D eigenvalue weighted by molar-refractivity contribution is 5.75. The molecule has 6 heteroatoms. The second-order valence-electron chi connectivity index (χ2n) is 6.84. The molecule has 0 radical (unpaired) electrons. The number of carboxylic acids is 1. The van der Waals surface area contributed by atoms with Crippen LogP contribution in [-0.4, -0.2) is 25.9 Å². The topological polar surface area (TPSA) is 84.6 Å². The summed E-state index contributed by atoms with van der Waals surface area (Å²) in [5, 5.41) is 19.6. The van der Waals surface area contributed by atoms with Gasteiger partial charge in [0.1, 0.15) is 11.5 Å². The van der Waals surface area contributed by atoms with Crippen molar-refractivity contribution in [3.63, 3.8) is 0 Å². The first kappa shape index (κ1) is 18.5. The zero-order chi connectivity index (χ0) is 18.7. The van der Waals surface area contributed by atoms with Crippen LogP contribution in [-0.2, 0) is 17.8 Å². The van der Waals surface area contributed by atoms with E-state index in [-0.39, 0.29) is 6.61 Å². The number of unbranched alkanes of at least 4 members (excludes halogenated alkanes) is 1. The summed E-state index contributed by atoms with van der Waals surface area (Å²) in [7, 11) is 0. The van der Waals surface area contributed by atoms with Gasteiger partial charge < -0.3 is 15.1 Å². The average Bonchev–Trinajstić information content (AvgIpc) is 3.42. The van der Waals surface area contributed by atoms with Crippen LogP contribution in [0.5, 0.6) is 0 Å². The third-order valence-corrected chi connectivity index (χ3v) is 4.83. The molecule has 0 bridgehead atoms. The number of aliphatic hydroxyl groups is 1. The molecule has 0 amide bonds. The van der Waals surface area contributed by atoms with Crippen molar-refractivity contribution in [2.75, 3.05) is 0 Å². The minimum Gasteiger partial charge on any atom is -0.478 e. The Morgan fingerprint density at radius 2 is 2.12 bits per heavy atom. The minimum absolute atomic E-state index is 0.248. The van der Waals surface area contributed by atoms with E-state index >= 15 is 0 Å². The van der Waals surface area contributed by atoms with E-state index < -0.39 is 12.1 Å². The quantitative estimate of drug-likeness (QED) is 0.719. The van der Waals surface area contributed by atoms with Crippen molar-refractivity contribution in [1.82, 2.24) is 9.71 Å². The molecular weight excluding hydrogens is 332 g/mol. The van der Waals surface area contributed by atoms with Gasteiger partial charge in [-0.1, -0.05) is 37.6 Å². The Labute approximate surface area is 153 Å². The lowest BCUT2D eigenvalue weighted by Gasteiger charge is -2.21. The zero-order valence-corrected chi connectivity index (χ0v) is 15.3. The molecule has 1 aliphatic rings. The van der Waals surface area contributed by atoms with Crippen molar-refractivity contribution in [1.29, 1.82) is 0 Å². The predicted octanol–water partition coefficient (Wildman–Crippen LogP) is 3.16. The smallest absolute Gasteiger partial charge is 0.352 e. The van der Waals surface area contributed by atoms with Crippen LogP contribution in [0.4, 0.5) is 0 Å². The standard InChI is InChI=1S/C20H26N2O4/c1-3-4-9-18-21-13(2)17(12-23)22(18)26-19(20(24)25)16-8-6-5-7-15(16)14-10-11-14/h5-8,14,19,23H,3-4,9-12H2,1-2H3,(H,24,25). The number of hydrogen-bond donors (Lipinski definition) is 2. The van der Waals surface area contributed by atoms with E-state index in [9.17, 15) is 15.0 Å². The van der Waals surface area contributed by atoms with E-state index in [0.29, 0.717) is 35.1 Å². The van der Waals surface area contributed by atoms with Crippen LogP contribution in [0.15, 0.2) is 24.3 Å². The lowest BCUT2D eigenvalue weighted by atomic mass is 9.99. The number of rotatable bonds is 9. The fraction of sp³-hybridized carbons (Fsp3) is 0.500. The molecule has 1 unspecified atom stereocenters. The molecule has 1 heterocycles. The van der Waals surface area contributed by atoms with Crippen LogP contribution < -0.4 is 4.84 Å². The molecule has 2 N–H and O–H groups in total. The molecular formula is C20H26N2O4. The van der Waals surface area contributed by atoms with E-state index in [1.54, 1.807) is 6.92 Å². The van der Waals surface area contributed by atoms with Crippen LogP contribution in [0.2, 0.25) is 0 Å². The van der Waals surface area contributed by atoms with Gasteiger partial charge in [-0.2, -0.15) is 4.73 Å². The molecule has 1 aromatic heterocycles. The summed E-state index contributed by atoms with van der Waals surface area (Å²) in [5.74, 6) is 0.0244. The number of aryl methyl sites for hydroxylation is 2. The lowest BCUT2D eigenvalue weighted by Crippen LogP contribution is -2.28. The van der Waals surface area contributed by atoms with E-state index in [2.05, 4.69) is 11.9 Å². The first-order chi connectivity index (χ1) is 12.6. The Morgan fingerprint density at radius 3 is 2.73 bits per heavy atom. The summed E-state index contributed by atoms with van der Waals surface area (Å²) < 4.78 is 1.44. The van der Waals surface area contributed by atoms with Gasteiger partial charge >= 0.3 is 5.97 Å². The number of hydrogen-bond acceptors (Lipinski definition) is 4. The number of aromatic nitrogens is 2. The van der Waals surface area contributed by atoms with Gasteiger partial charge in [-0.3, -0.25) is 0 Å². The number of carboxylic acid groups (broad SMARTS) is 1. The first-order valence-corrected chi connectivity index (χ1v) is 9.23. The molecule has 0 aliphatic heterocycles. The number of carbonyl (C=O) groups is 1. The number of benzene rings is 1. The van der Waals surface area contributed by atoms with E-state index in [4.69, 9.17) is 4.84 Å². The van der Waals surface area contributed by atoms with Crippen molar-refractivity contribution in [2.45, 2.75) is 64.6 Å². The highest BCUT2D eigenvalue weighted by Gasteiger charge is 2.33. The minimum atomic E-state index is -1.13. The van der Waals surface area contributed by atoms with E-state index in [0.717, 1.165) is 31.2 Å². The van der Waals surface area contributed by atoms with Crippen LogP contribution in [0.25, 0.3) is 0 Å². The van der Waals surface area contributed by atoms with Gasteiger partial charge in [-0.15, -0.1) is 0 Å². The van der Waals surface area contributed by atoms with Gasteiger partial charge in [-0.25, -0.2) is 9.78 Å². The molecule has 2 aromatic rings. The number of imidazole rings is 1. The Balaban J connectivity index is 1.98. The monoisotopic (exact) mass is 358 g/mol. The summed E-state index contributed by atoms with van der Waals surface area (Å²) in [6.07, 6.45) is 3.61.